The smallest absolute Gasteiger partial charge is 0.252 e. The Morgan fingerprint density at radius 2 is 2.21 bits per heavy atom. The van der Waals surface area contributed by atoms with Crippen LogP contribution in [0.3, 0.4) is 0 Å². The molecule has 3 N–H and O–H groups in total. The van der Waals surface area contributed by atoms with Crippen LogP contribution in [0.2, 0.25) is 0 Å². The lowest BCUT2D eigenvalue weighted by Gasteiger charge is -2.08. The van der Waals surface area contributed by atoms with Gasteiger partial charge in [-0.05, 0) is 6.92 Å². The molecule has 0 atom stereocenters. The number of nitrogens with two attached hydrogens (primary N) is 1. The Hall–Kier alpha value is -1.80. The van der Waals surface area contributed by atoms with Crippen LogP contribution >= 0.6 is 11.3 Å². The third-order valence-electron chi connectivity index (χ3n) is 2.45. The number of aryl methyl sites for hydroxylation is 1. The van der Waals surface area contributed by atoms with Crippen LogP contribution in [0.15, 0.2) is 11.6 Å². The van der Waals surface area contributed by atoms with E-state index < -0.39 is 11.6 Å². The molecule has 0 radical (unpaired) electrons. The largest absolute Gasteiger partial charge is 0.475 e. The van der Waals surface area contributed by atoms with Crippen molar-refractivity contribution in [3.05, 3.63) is 33.8 Å². The molecule has 8 heteroatoms. The van der Waals surface area contributed by atoms with E-state index in [1.807, 2.05) is 12.3 Å². The molecule has 5 nitrogen and oxygen atoms in total. The maximum atomic E-state index is 13.4. The number of hydrogen-bond donors (Lipinski definition) is 2. The van der Waals surface area contributed by atoms with Crippen molar-refractivity contribution in [3.8, 4) is 5.88 Å². The molecule has 0 aliphatic heterocycles. The second-order valence-electron chi connectivity index (χ2n) is 3.71. The first kappa shape index (κ1) is 13.6. The quantitative estimate of drug-likeness (QED) is 0.650. The molecule has 0 unspecified atom stereocenters. The first-order valence-electron chi connectivity index (χ1n) is 5.46. The summed E-state index contributed by atoms with van der Waals surface area (Å²) in [4.78, 5) is 8.76. The fraction of sp³-hybridized carbons (Fsp3) is 0.273. The van der Waals surface area contributed by atoms with Crippen LogP contribution in [0.5, 0.6) is 5.88 Å². The van der Waals surface area contributed by atoms with E-state index in [1.165, 1.54) is 11.3 Å². The number of halogens is 2. The number of rotatable bonds is 5. The van der Waals surface area contributed by atoms with Gasteiger partial charge >= 0.3 is 0 Å². The van der Waals surface area contributed by atoms with Crippen molar-refractivity contribution >= 4 is 17.2 Å². The van der Waals surface area contributed by atoms with Crippen molar-refractivity contribution < 1.29 is 13.5 Å². The fourth-order valence-corrected chi connectivity index (χ4v) is 2.22. The van der Waals surface area contributed by atoms with Gasteiger partial charge in [-0.3, -0.25) is 0 Å². The zero-order chi connectivity index (χ0) is 13.8. The molecule has 19 heavy (non-hydrogen) atoms. The van der Waals surface area contributed by atoms with Crippen LogP contribution < -0.4 is 16.0 Å². The summed E-state index contributed by atoms with van der Waals surface area (Å²) in [5.41, 5.74) is 4.69. The van der Waals surface area contributed by atoms with E-state index in [9.17, 15) is 8.78 Å². The van der Waals surface area contributed by atoms with Crippen molar-refractivity contribution in [2.24, 2.45) is 5.84 Å². The minimum Gasteiger partial charge on any atom is -0.475 e. The van der Waals surface area contributed by atoms with Gasteiger partial charge in [-0.25, -0.2) is 19.6 Å². The Bertz CT molecular complexity index is 576. The van der Waals surface area contributed by atoms with E-state index in [1.54, 1.807) is 5.51 Å². The summed E-state index contributed by atoms with van der Waals surface area (Å²) >= 11 is 1.50. The van der Waals surface area contributed by atoms with Gasteiger partial charge in [0.1, 0.15) is 0 Å². The van der Waals surface area contributed by atoms with Crippen molar-refractivity contribution in [3.63, 3.8) is 0 Å². The third kappa shape index (κ3) is 3.15. The van der Waals surface area contributed by atoms with Crippen LogP contribution in [0.25, 0.3) is 0 Å². The van der Waals surface area contributed by atoms with Crippen LogP contribution in [-0.4, -0.2) is 16.6 Å². The molecule has 2 aromatic heterocycles. The number of aromatic nitrogens is 2. The topological polar surface area (TPSA) is 73.1 Å². The van der Waals surface area contributed by atoms with Gasteiger partial charge in [0.15, 0.2) is 17.5 Å². The molecule has 2 heterocycles. The second-order valence-corrected chi connectivity index (χ2v) is 4.65. The van der Waals surface area contributed by atoms with Crippen LogP contribution in [-0.2, 0) is 6.42 Å². The molecule has 0 spiro atoms. The normalized spacial score (nSPS) is 10.5. The zero-order valence-electron chi connectivity index (χ0n) is 10.1. The van der Waals surface area contributed by atoms with E-state index in [0.29, 0.717) is 12.5 Å². The first-order valence-corrected chi connectivity index (χ1v) is 6.34. The predicted octanol–water partition coefficient (Wildman–Crippen LogP) is 2.03. The summed E-state index contributed by atoms with van der Waals surface area (Å²) in [7, 11) is 0. The van der Waals surface area contributed by atoms with Gasteiger partial charge in [-0.2, -0.15) is 4.98 Å². The predicted molar refractivity (Wildman–Crippen MR) is 68.0 cm³/mol. The number of thiazole rings is 1. The van der Waals surface area contributed by atoms with Crippen molar-refractivity contribution in [1.29, 1.82) is 0 Å². The maximum absolute atomic E-state index is 13.4. The van der Waals surface area contributed by atoms with E-state index in [0.717, 1.165) is 10.6 Å². The van der Waals surface area contributed by atoms with Gasteiger partial charge in [0.2, 0.25) is 0 Å². The Morgan fingerprint density at radius 3 is 2.84 bits per heavy atom. The van der Waals surface area contributed by atoms with E-state index >= 15 is 0 Å². The van der Waals surface area contributed by atoms with Gasteiger partial charge in [0.05, 0.1) is 17.8 Å². The summed E-state index contributed by atoms with van der Waals surface area (Å²) in [5, 5.41) is 0. The number of nitrogens with one attached hydrogen (secondary N) is 1. The molecule has 102 valence electrons. The number of ether oxygens (including phenoxy) is 1. The number of pyridine rings is 1. The zero-order valence-corrected chi connectivity index (χ0v) is 10.9. The Labute approximate surface area is 112 Å². The van der Waals surface area contributed by atoms with Gasteiger partial charge < -0.3 is 10.2 Å². The highest BCUT2D eigenvalue weighted by molar-refractivity contribution is 7.09. The minimum absolute atomic E-state index is 0.225. The summed E-state index contributed by atoms with van der Waals surface area (Å²) in [6, 6.07) is 0.676. The molecule has 0 aliphatic carbocycles. The number of anilines is 1. The van der Waals surface area contributed by atoms with Crippen molar-refractivity contribution in [2.45, 2.75) is 13.3 Å². The molecule has 0 saturated carbocycles. The molecular formula is C11H12F2N4OS. The van der Waals surface area contributed by atoms with E-state index in [-0.39, 0.29) is 18.3 Å². The van der Waals surface area contributed by atoms with Gasteiger partial charge in [-0.1, -0.05) is 0 Å². The fourth-order valence-electron chi connectivity index (χ4n) is 1.46. The molecule has 0 amide bonds. The summed E-state index contributed by atoms with van der Waals surface area (Å²) in [6.07, 6.45) is 0.584. The average Bonchev–Trinajstić information content (AvgIpc) is 2.78. The van der Waals surface area contributed by atoms with Crippen LogP contribution in [0.1, 0.15) is 10.6 Å². The lowest BCUT2D eigenvalue weighted by atomic mass is 10.3. The first-order chi connectivity index (χ1) is 9.11. The number of nitrogen functional groups attached to an aromatic ring is 1. The number of hydrogen-bond acceptors (Lipinski definition) is 6. The Kier molecular flexibility index (Phi) is 4.23. The highest BCUT2D eigenvalue weighted by Crippen LogP contribution is 2.20. The Morgan fingerprint density at radius 1 is 1.42 bits per heavy atom. The van der Waals surface area contributed by atoms with E-state index in [4.69, 9.17) is 10.6 Å². The maximum Gasteiger partial charge on any atom is 0.252 e. The van der Waals surface area contributed by atoms with Crippen LogP contribution in [0, 0.1) is 18.6 Å². The molecule has 2 rings (SSSR count). The van der Waals surface area contributed by atoms with E-state index in [2.05, 4.69) is 9.97 Å². The number of hydrazine groups is 1. The molecule has 0 aliphatic rings. The van der Waals surface area contributed by atoms with Crippen molar-refractivity contribution in [2.75, 3.05) is 12.0 Å². The SMILES string of the molecule is Cc1ncsc1CCOc1nc(NN)c(F)cc1F. The van der Waals surface area contributed by atoms with Gasteiger partial charge in [0.25, 0.3) is 5.88 Å². The summed E-state index contributed by atoms with van der Waals surface area (Å²) in [5.74, 6) is 2.79. The third-order valence-corrected chi connectivity index (χ3v) is 3.44. The molecule has 0 bridgehead atoms. The summed E-state index contributed by atoms with van der Waals surface area (Å²) in [6.45, 7) is 2.11. The minimum atomic E-state index is -0.870. The van der Waals surface area contributed by atoms with Gasteiger partial charge in [-0.15, -0.1) is 11.3 Å². The number of nitrogens with zero attached hydrogens (tertiary/aromatic N) is 2. The molecule has 0 fully saturated rings. The van der Waals surface area contributed by atoms with Crippen LogP contribution in [0.4, 0.5) is 14.6 Å². The second kappa shape index (κ2) is 5.89. The monoisotopic (exact) mass is 286 g/mol. The molecule has 0 saturated heterocycles. The average molecular weight is 286 g/mol. The molecule has 2 aromatic rings. The molecular weight excluding hydrogens is 274 g/mol. The highest BCUT2D eigenvalue weighted by Gasteiger charge is 2.12. The molecule has 0 aromatic carbocycles. The van der Waals surface area contributed by atoms with Gasteiger partial charge in [0, 0.05) is 17.4 Å². The lowest BCUT2D eigenvalue weighted by molar-refractivity contribution is 0.291. The standard InChI is InChI=1S/C11H12F2N4OS/c1-6-9(19-5-15-6)2-3-18-11-8(13)4-7(12)10(16-11)17-14/h4-5H,2-3,14H2,1H3,(H,16,17). The lowest BCUT2D eigenvalue weighted by Crippen LogP contribution is -2.13. The highest BCUT2D eigenvalue weighted by atomic mass is 32.1. The summed E-state index contributed by atoms with van der Waals surface area (Å²) < 4.78 is 31.7. The Balaban J connectivity index is 2.01. The van der Waals surface area contributed by atoms with Crippen molar-refractivity contribution in [1.82, 2.24) is 9.97 Å².